The molecule has 0 spiro atoms. The minimum Gasteiger partial charge on any atom is -0.391 e. The maximum Gasteiger partial charge on any atom is 0.142 e. The van der Waals surface area contributed by atoms with Gasteiger partial charge in [-0.3, -0.25) is 4.90 Å². The van der Waals surface area contributed by atoms with E-state index in [4.69, 9.17) is 9.99 Å². The van der Waals surface area contributed by atoms with Crippen molar-refractivity contribution in [1.82, 2.24) is 4.90 Å². The van der Waals surface area contributed by atoms with E-state index in [0.717, 1.165) is 17.7 Å². The zero-order valence-corrected chi connectivity index (χ0v) is 18.7. The van der Waals surface area contributed by atoms with Crippen LogP contribution in [0.5, 0.6) is 0 Å². The molecule has 3 heteroatoms. The van der Waals surface area contributed by atoms with E-state index >= 15 is 0 Å². The molecule has 0 amide bonds. The molecule has 3 atom stereocenters. The zero-order valence-electron chi connectivity index (χ0n) is 18.7. The molecular weight excluding hydrogens is 380 g/mol. The number of hydrogen-bond acceptors (Lipinski definition) is 3. The third-order valence-electron chi connectivity index (χ3n) is 6.36. The van der Waals surface area contributed by atoms with Gasteiger partial charge in [0.25, 0.3) is 0 Å². The number of hydrogen-bond donors (Lipinski definition) is 0. The van der Waals surface area contributed by atoms with Crippen molar-refractivity contribution in [3.8, 4) is 0 Å². The van der Waals surface area contributed by atoms with Crippen molar-refractivity contribution >= 4 is 5.71 Å². The largest absolute Gasteiger partial charge is 0.391 e. The molecule has 1 aliphatic heterocycles. The van der Waals surface area contributed by atoms with Gasteiger partial charge in [-0.15, -0.1) is 0 Å². The number of benzene rings is 3. The van der Waals surface area contributed by atoms with Crippen molar-refractivity contribution < 1.29 is 4.84 Å². The molecule has 1 fully saturated rings. The average molecular weight is 413 g/mol. The van der Waals surface area contributed by atoms with E-state index < -0.39 is 0 Å². The van der Waals surface area contributed by atoms with Gasteiger partial charge in [-0.05, 0) is 29.7 Å². The molecule has 3 unspecified atom stereocenters. The Kier molecular flexibility index (Phi) is 6.83. The molecule has 3 nitrogen and oxygen atoms in total. The third kappa shape index (κ3) is 4.88. The fourth-order valence-electron chi connectivity index (χ4n) is 4.84. The van der Waals surface area contributed by atoms with Crippen molar-refractivity contribution in [3.63, 3.8) is 0 Å². The Morgan fingerprint density at radius 3 is 1.97 bits per heavy atom. The summed E-state index contributed by atoms with van der Waals surface area (Å²) in [4.78, 5) is 8.45. The molecule has 160 valence electrons. The topological polar surface area (TPSA) is 24.8 Å². The number of nitrogens with zero attached hydrogens (tertiary/aromatic N) is 2. The fraction of sp³-hybridized carbons (Fsp3) is 0.321. The standard InChI is InChI=1S/C28H32N2O/c1-21(2)27-25(29-31-20-22-13-7-4-8-14-22)19-26(23-15-9-5-10-16-23)30(3)28(27)24-17-11-6-12-18-24/h4-18,21,26-28H,19-20H2,1-3H3. The molecule has 4 rings (SSSR count). The van der Waals surface area contributed by atoms with E-state index in [1.54, 1.807) is 0 Å². The van der Waals surface area contributed by atoms with Gasteiger partial charge in [0, 0.05) is 24.4 Å². The quantitative estimate of drug-likeness (QED) is 0.423. The zero-order chi connectivity index (χ0) is 21.6. The second-order valence-electron chi connectivity index (χ2n) is 8.76. The van der Waals surface area contributed by atoms with E-state index in [-0.39, 0.29) is 12.1 Å². The highest BCUT2D eigenvalue weighted by Gasteiger charge is 2.42. The van der Waals surface area contributed by atoms with Crippen LogP contribution in [0.3, 0.4) is 0 Å². The smallest absolute Gasteiger partial charge is 0.142 e. The predicted molar refractivity (Wildman–Crippen MR) is 128 cm³/mol. The molecule has 0 aliphatic carbocycles. The maximum absolute atomic E-state index is 5.91. The molecular formula is C28H32N2O. The van der Waals surface area contributed by atoms with E-state index in [1.165, 1.54) is 11.1 Å². The number of oxime groups is 1. The van der Waals surface area contributed by atoms with Crippen LogP contribution in [-0.2, 0) is 11.4 Å². The summed E-state index contributed by atoms with van der Waals surface area (Å²) in [6, 6.07) is 32.4. The van der Waals surface area contributed by atoms with Crippen LogP contribution in [0.4, 0.5) is 0 Å². The number of piperidine rings is 1. The summed E-state index contributed by atoms with van der Waals surface area (Å²) in [5.41, 5.74) is 4.95. The van der Waals surface area contributed by atoms with Crippen molar-refractivity contribution in [3.05, 3.63) is 108 Å². The molecule has 3 aromatic rings. The molecule has 0 radical (unpaired) electrons. The minimum absolute atomic E-state index is 0.249. The first-order valence-corrected chi connectivity index (χ1v) is 11.2. The lowest BCUT2D eigenvalue weighted by molar-refractivity contribution is 0.0888. The Hall–Kier alpha value is -2.91. The van der Waals surface area contributed by atoms with Gasteiger partial charge in [-0.2, -0.15) is 0 Å². The molecule has 0 aromatic heterocycles. The van der Waals surface area contributed by atoms with Crippen LogP contribution in [0.15, 0.2) is 96.2 Å². The highest BCUT2D eigenvalue weighted by Crippen LogP contribution is 2.45. The van der Waals surface area contributed by atoms with E-state index in [2.05, 4.69) is 98.6 Å². The van der Waals surface area contributed by atoms with Crippen LogP contribution in [0, 0.1) is 11.8 Å². The lowest BCUT2D eigenvalue weighted by Crippen LogP contribution is -2.45. The monoisotopic (exact) mass is 412 g/mol. The number of rotatable bonds is 6. The second kappa shape index (κ2) is 9.93. The van der Waals surface area contributed by atoms with Gasteiger partial charge < -0.3 is 4.84 Å². The summed E-state index contributed by atoms with van der Waals surface area (Å²) < 4.78 is 0. The van der Waals surface area contributed by atoms with Gasteiger partial charge in [-0.1, -0.05) is 110 Å². The first-order valence-electron chi connectivity index (χ1n) is 11.2. The van der Waals surface area contributed by atoms with Crippen molar-refractivity contribution in [1.29, 1.82) is 0 Å². The molecule has 31 heavy (non-hydrogen) atoms. The highest BCUT2D eigenvalue weighted by molar-refractivity contribution is 5.89. The lowest BCUT2D eigenvalue weighted by Gasteiger charge is -2.47. The molecule has 1 heterocycles. The minimum atomic E-state index is 0.249. The second-order valence-corrected chi connectivity index (χ2v) is 8.76. The van der Waals surface area contributed by atoms with Crippen LogP contribution in [0.1, 0.15) is 49.0 Å². The van der Waals surface area contributed by atoms with Gasteiger partial charge in [0.05, 0.1) is 5.71 Å². The summed E-state index contributed by atoms with van der Waals surface area (Å²) in [7, 11) is 2.26. The van der Waals surface area contributed by atoms with Crippen LogP contribution in [0.25, 0.3) is 0 Å². The van der Waals surface area contributed by atoms with Crippen LogP contribution >= 0.6 is 0 Å². The summed E-state index contributed by atoms with van der Waals surface area (Å²) >= 11 is 0. The van der Waals surface area contributed by atoms with Gasteiger partial charge in [0.2, 0.25) is 0 Å². The Morgan fingerprint density at radius 2 is 1.39 bits per heavy atom. The number of likely N-dealkylation sites (tertiary alicyclic amines) is 1. The van der Waals surface area contributed by atoms with Gasteiger partial charge in [0.15, 0.2) is 0 Å². The normalized spacial score (nSPS) is 23.2. The third-order valence-corrected chi connectivity index (χ3v) is 6.36. The molecule has 0 bridgehead atoms. The van der Waals surface area contributed by atoms with Gasteiger partial charge >= 0.3 is 0 Å². The van der Waals surface area contributed by atoms with Crippen LogP contribution in [0.2, 0.25) is 0 Å². The lowest BCUT2D eigenvalue weighted by atomic mass is 9.74. The molecule has 1 aliphatic rings. The summed E-state index contributed by atoms with van der Waals surface area (Å²) in [5.74, 6) is 0.742. The van der Waals surface area contributed by atoms with Crippen molar-refractivity contribution in [2.45, 2.75) is 39.0 Å². The average Bonchev–Trinajstić information content (AvgIpc) is 2.81. The van der Waals surface area contributed by atoms with Crippen LogP contribution in [-0.4, -0.2) is 17.7 Å². The Labute approximate surface area is 186 Å². The first kappa shape index (κ1) is 21.3. The Bertz CT molecular complexity index is 970. The predicted octanol–water partition coefficient (Wildman–Crippen LogP) is 6.65. The molecule has 1 saturated heterocycles. The molecule has 0 N–H and O–H groups in total. The summed E-state index contributed by atoms with van der Waals surface area (Å²) in [6.07, 6.45) is 0.876. The molecule has 3 aromatic carbocycles. The van der Waals surface area contributed by atoms with E-state index in [1.807, 2.05) is 18.2 Å². The summed E-state index contributed by atoms with van der Waals surface area (Å²) in [6.45, 7) is 5.09. The summed E-state index contributed by atoms with van der Waals surface area (Å²) in [5, 5.41) is 4.76. The van der Waals surface area contributed by atoms with Crippen molar-refractivity contribution in [2.24, 2.45) is 17.0 Å². The van der Waals surface area contributed by atoms with Crippen molar-refractivity contribution in [2.75, 3.05) is 7.05 Å². The van der Waals surface area contributed by atoms with E-state index in [9.17, 15) is 0 Å². The Morgan fingerprint density at radius 1 is 0.839 bits per heavy atom. The highest BCUT2D eigenvalue weighted by atomic mass is 16.6. The van der Waals surface area contributed by atoms with E-state index in [0.29, 0.717) is 18.4 Å². The maximum atomic E-state index is 5.91. The van der Waals surface area contributed by atoms with Gasteiger partial charge in [-0.25, -0.2) is 0 Å². The Balaban J connectivity index is 1.69. The SMILES string of the molecule is CC(C)C1C(=NOCc2ccccc2)CC(c2ccccc2)N(C)C1c1ccccc1. The van der Waals surface area contributed by atoms with Crippen LogP contribution < -0.4 is 0 Å². The first-order chi connectivity index (χ1) is 15.1. The fourth-order valence-corrected chi connectivity index (χ4v) is 4.84. The molecule has 0 saturated carbocycles. The van der Waals surface area contributed by atoms with Gasteiger partial charge in [0.1, 0.15) is 6.61 Å².